The van der Waals surface area contributed by atoms with Crippen LogP contribution in [0.4, 0.5) is 11.5 Å². The van der Waals surface area contributed by atoms with Crippen molar-refractivity contribution in [1.82, 2.24) is 9.29 Å². The predicted molar refractivity (Wildman–Crippen MR) is 130 cm³/mol. The van der Waals surface area contributed by atoms with Crippen molar-refractivity contribution < 1.29 is 18.0 Å². The highest BCUT2D eigenvalue weighted by Gasteiger charge is 2.27. The van der Waals surface area contributed by atoms with E-state index in [0.29, 0.717) is 24.3 Å². The van der Waals surface area contributed by atoms with Gasteiger partial charge in [0.25, 0.3) is 5.91 Å². The second-order valence-electron chi connectivity index (χ2n) is 8.39. The van der Waals surface area contributed by atoms with Crippen molar-refractivity contribution in [1.29, 1.82) is 0 Å². The largest absolute Gasteiger partial charge is 0.384 e. The molecule has 2 aromatic rings. The zero-order valence-corrected chi connectivity index (χ0v) is 19.8. The number of anilines is 2. The minimum absolute atomic E-state index is 0.146. The lowest BCUT2D eigenvalue weighted by Crippen LogP contribution is -2.30. The smallest absolute Gasteiger partial charge is 0.265 e. The first kappa shape index (κ1) is 24.0. The molecule has 34 heavy (non-hydrogen) atoms. The molecule has 1 aromatic carbocycles. The average Bonchev–Trinajstić information content (AvgIpc) is 3.41. The number of piperidine rings is 1. The van der Waals surface area contributed by atoms with Gasteiger partial charge in [-0.1, -0.05) is 11.2 Å². The molecule has 0 bridgehead atoms. The molecule has 0 unspecified atom stereocenters. The Morgan fingerprint density at radius 3 is 2.56 bits per heavy atom. The molecule has 1 amide bonds. The maximum absolute atomic E-state index is 12.7. The van der Waals surface area contributed by atoms with E-state index < -0.39 is 15.9 Å². The fraction of sp³-hybridized carbons (Fsp3) is 0.435. The Morgan fingerprint density at radius 2 is 1.79 bits per heavy atom. The summed E-state index contributed by atoms with van der Waals surface area (Å²) in [5.41, 5.74) is 7.06. The third-order valence-corrected chi connectivity index (χ3v) is 7.80. The van der Waals surface area contributed by atoms with Crippen molar-refractivity contribution in [3.8, 4) is 0 Å². The Kier molecular flexibility index (Phi) is 7.63. The maximum atomic E-state index is 12.7. The van der Waals surface area contributed by atoms with E-state index in [2.05, 4.69) is 20.4 Å². The summed E-state index contributed by atoms with van der Waals surface area (Å²) in [5.74, 6) is 0.514. The van der Waals surface area contributed by atoms with E-state index in [9.17, 15) is 13.2 Å². The summed E-state index contributed by atoms with van der Waals surface area (Å²) in [5, 5.41) is 6.49. The Hall–Kier alpha value is -3.18. The summed E-state index contributed by atoms with van der Waals surface area (Å²) in [6, 6.07) is 9.79. The molecular weight excluding hydrogens is 456 g/mol. The highest BCUT2D eigenvalue weighted by molar-refractivity contribution is 7.89. The molecule has 0 saturated carbocycles. The van der Waals surface area contributed by atoms with Crippen LogP contribution in [0.3, 0.4) is 0 Å². The van der Waals surface area contributed by atoms with E-state index in [0.717, 1.165) is 44.6 Å². The molecule has 0 atom stereocenters. The van der Waals surface area contributed by atoms with Crippen molar-refractivity contribution >= 4 is 33.3 Å². The van der Waals surface area contributed by atoms with Crippen LogP contribution in [0.15, 0.2) is 52.6 Å². The van der Waals surface area contributed by atoms with Crippen LogP contribution in [-0.2, 0) is 19.7 Å². The molecule has 2 fully saturated rings. The second-order valence-corrected chi connectivity index (χ2v) is 10.3. The fourth-order valence-electron chi connectivity index (χ4n) is 4.10. The number of hydrogen-bond acceptors (Lipinski definition) is 7. The zero-order chi connectivity index (χ0) is 24.0. The van der Waals surface area contributed by atoms with Gasteiger partial charge in [0.2, 0.25) is 10.0 Å². The van der Waals surface area contributed by atoms with Crippen LogP contribution in [0.25, 0.3) is 0 Å². The number of nitrogens with two attached hydrogens (primary N) is 1. The number of hydrogen-bond donors (Lipinski definition) is 2. The summed E-state index contributed by atoms with van der Waals surface area (Å²) in [6.45, 7) is 2.59. The monoisotopic (exact) mass is 486 g/mol. The lowest BCUT2D eigenvalue weighted by Gasteiger charge is -2.27. The average molecular weight is 487 g/mol. The minimum atomic E-state index is -3.56. The van der Waals surface area contributed by atoms with Gasteiger partial charge in [0, 0.05) is 43.6 Å². The third kappa shape index (κ3) is 5.84. The summed E-state index contributed by atoms with van der Waals surface area (Å²) >= 11 is 0. The van der Waals surface area contributed by atoms with Gasteiger partial charge in [0.1, 0.15) is 5.82 Å². The lowest BCUT2D eigenvalue weighted by atomic mass is 10.1. The number of aromatic nitrogens is 1. The van der Waals surface area contributed by atoms with E-state index >= 15 is 0 Å². The second kappa shape index (κ2) is 10.8. The Labute approximate surface area is 199 Å². The number of nitrogens with zero attached hydrogens (tertiary/aromatic N) is 4. The van der Waals surface area contributed by atoms with Gasteiger partial charge in [0.05, 0.1) is 4.90 Å². The number of amides is 1. The number of amidine groups is 1. The van der Waals surface area contributed by atoms with Gasteiger partial charge in [0.15, 0.2) is 12.4 Å². The van der Waals surface area contributed by atoms with Crippen molar-refractivity contribution in [3.63, 3.8) is 0 Å². The summed E-state index contributed by atoms with van der Waals surface area (Å²) in [4.78, 5) is 24.2. The van der Waals surface area contributed by atoms with Gasteiger partial charge in [-0.25, -0.2) is 13.4 Å². The number of rotatable bonds is 8. The van der Waals surface area contributed by atoms with Crippen LogP contribution in [0.1, 0.15) is 37.7 Å². The SMILES string of the molecule is N/C(=N/OCC(=O)Nc1cccc(S(=O)(=O)N2CCCC2)c1)c1ccnc(N2CCCCC2)c1. The van der Waals surface area contributed by atoms with Crippen molar-refractivity contribution in [3.05, 3.63) is 48.2 Å². The molecule has 10 nitrogen and oxygen atoms in total. The highest BCUT2D eigenvalue weighted by atomic mass is 32.2. The van der Waals surface area contributed by atoms with Crippen LogP contribution in [0.5, 0.6) is 0 Å². The predicted octanol–water partition coefficient (Wildman–Crippen LogP) is 2.13. The third-order valence-electron chi connectivity index (χ3n) is 5.90. The van der Waals surface area contributed by atoms with Gasteiger partial charge in [-0.05, 0) is 62.4 Å². The number of pyridine rings is 1. The van der Waals surface area contributed by atoms with E-state index in [-0.39, 0.29) is 17.3 Å². The van der Waals surface area contributed by atoms with Crippen molar-refractivity contribution in [2.45, 2.75) is 37.0 Å². The topological polar surface area (TPSA) is 130 Å². The Balaban J connectivity index is 1.33. The molecule has 182 valence electrons. The first-order valence-electron chi connectivity index (χ1n) is 11.5. The highest BCUT2D eigenvalue weighted by Crippen LogP contribution is 2.23. The quantitative estimate of drug-likeness (QED) is 0.332. The van der Waals surface area contributed by atoms with Crippen LogP contribution < -0.4 is 16.0 Å². The van der Waals surface area contributed by atoms with Crippen LogP contribution in [0.2, 0.25) is 0 Å². The molecule has 0 aliphatic carbocycles. The molecule has 4 rings (SSSR count). The molecule has 2 aliphatic rings. The van der Waals surface area contributed by atoms with Gasteiger partial charge >= 0.3 is 0 Å². The molecule has 0 radical (unpaired) electrons. The Bertz CT molecular complexity index is 1140. The zero-order valence-electron chi connectivity index (χ0n) is 19.0. The first-order valence-corrected chi connectivity index (χ1v) is 12.9. The van der Waals surface area contributed by atoms with Crippen LogP contribution in [-0.4, -0.2) is 62.2 Å². The first-order chi connectivity index (χ1) is 16.4. The summed E-state index contributed by atoms with van der Waals surface area (Å²) in [7, 11) is -3.56. The number of oxime groups is 1. The van der Waals surface area contributed by atoms with E-state index in [1.165, 1.54) is 22.9 Å². The van der Waals surface area contributed by atoms with E-state index in [4.69, 9.17) is 10.6 Å². The van der Waals surface area contributed by atoms with E-state index in [1.54, 1.807) is 24.4 Å². The van der Waals surface area contributed by atoms with Gasteiger partial charge in [-0.15, -0.1) is 0 Å². The minimum Gasteiger partial charge on any atom is -0.384 e. The molecule has 2 saturated heterocycles. The Morgan fingerprint density at radius 1 is 1.06 bits per heavy atom. The molecule has 2 aliphatic heterocycles. The number of carbonyl (C=O) groups is 1. The van der Waals surface area contributed by atoms with Crippen molar-refractivity contribution in [2.24, 2.45) is 10.9 Å². The van der Waals surface area contributed by atoms with Crippen molar-refractivity contribution in [2.75, 3.05) is 43.0 Å². The molecule has 1 aromatic heterocycles. The fourth-order valence-corrected chi connectivity index (χ4v) is 5.66. The normalized spacial score (nSPS) is 17.5. The van der Waals surface area contributed by atoms with Gasteiger partial charge in [-0.3, -0.25) is 4.79 Å². The maximum Gasteiger partial charge on any atom is 0.265 e. The number of carbonyl (C=O) groups excluding carboxylic acids is 1. The van der Waals surface area contributed by atoms with Crippen LogP contribution in [0, 0.1) is 0 Å². The molecule has 3 N–H and O–H groups in total. The van der Waals surface area contributed by atoms with Crippen LogP contribution >= 0.6 is 0 Å². The molecule has 0 spiro atoms. The standard InChI is InChI=1S/C23H30N6O4S/c24-23(18-9-10-25-21(15-18)28-11-2-1-3-12-28)27-33-17-22(30)26-19-7-6-8-20(16-19)34(31,32)29-13-4-5-14-29/h6-10,15-16H,1-5,11-14,17H2,(H2,24,27)(H,26,30). The molecule has 3 heterocycles. The number of nitrogens with one attached hydrogen (secondary N) is 1. The lowest BCUT2D eigenvalue weighted by molar-refractivity contribution is -0.120. The summed E-state index contributed by atoms with van der Waals surface area (Å²) < 4.78 is 26.9. The number of sulfonamides is 1. The molecular formula is C23H30N6O4S. The molecule has 11 heteroatoms. The summed E-state index contributed by atoms with van der Waals surface area (Å²) in [6.07, 6.45) is 6.90. The van der Waals surface area contributed by atoms with E-state index in [1.807, 2.05) is 6.07 Å². The van der Waals surface area contributed by atoms with Gasteiger partial charge in [-0.2, -0.15) is 4.31 Å². The van der Waals surface area contributed by atoms with Gasteiger partial charge < -0.3 is 20.8 Å². The number of benzene rings is 1.